The fourth-order valence-corrected chi connectivity index (χ4v) is 5.71. The molecule has 3 rings (SSSR count). The first-order valence-electron chi connectivity index (χ1n) is 11.5. The number of likely N-dealkylation sites (N-methyl/N-ethyl adjacent to an activating group) is 1. The molecule has 0 saturated heterocycles. The second-order valence-electron chi connectivity index (χ2n) is 8.49. The monoisotopic (exact) mass is 469 g/mol. The zero-order valence-corrected chi connectivity index (χ0v) is 21.8. The number of nitrogens with zero attached hydrogens (tertiary/aromatic N) is 3. The summed E-state index contributed by atoms with van der Waals surface area (Å²) in [5.74, 6) is 0.106. The van der Waals surface area contributed by atoms with Crippen molar-refractivity contribution in [3.8, 4) is 0 Å². The zero-order valence-electron chi connectivity index (χ0n) is 20.1. The van der Waals surface area contributed by atoms with Crippen LogP contribution in [0.2, 0.25) is 0 Å². The van der Waals surface area contributed by atoms with Gasteiger partial charge in [0.1, 0.15) is 0 Å². The van der Waals surface area contributed by atoms with Crippen molar-refractivity contribution in [1.82, 2.24) is 9.88 Å². The van der Waals surface area contributed by atoms with Crippen LogP contribution in [0.3, 0.4) is 0 Å². The molecule has 2 aromatic carbocycles. The summed E-state index contributed by atoms with van der Waals surface area (Å²) >= 11 is 3.47. The number of carbonyl (C=O) groups excluding carboxylic acids is 1. The van der Waals surface area contributed by atoms with Crippen LogP contribution < -0.4 is 4.90 Å². The Kier molecular flexibility index (Phi) is 8.74. The van der Waals surface area contributed by atoms with Crippen LogP contribution in [0.1, 0.15) is 44.4 Å². The largest absolute Gasteiger partial charge is 0.302 e. The summed E-state index contributed by atoms with van der Waals surface area (Å²) in [4.78, 5) is 23.8. The molecule has 0 N–H and O–H groups in total. The van der Waals surface area contributed by atoms with Gasteiger partial charge in [-0.1, -0.05) is 57.2 Å². The van der Waals surface area contributed by atoms with Crippen LogP contribution in [0.25, 0.3) is 10.2 Å². The molecule has 172 valence electrons. The molecule has 0 atom stereocenters. The van der Waals surface area contributed by atoms with Gasteiger partial charge >= 0.3 is 0 Å². The van der Waals surface area contributed by atoms with Crippen molar-refractivity contribution in [2.45, 2.75) is 58.1 Å². The number of anilines is 1. The minimum absolute atomic E-state index is 0.106. The van der Waals surface area contributed by atoms with Gasteiger partial charge in [-0.2, -0.15) is 0 Å². The maximum Gasteiger partial charge on any atom is 0.233 e. The van der Waals surface area contributed by atoms with E-state index in [0.717, 1.165) is 35.8 Å². The summed E-state index contributed by atoms with van der Waals surface area (Å²) < 4.78 is 1.17. The lowest BCUT2D eigenvalue weighted by Crippen LogP contribution is -2.39. The van der Waals surface area contributed by atoms with Gasteiger partial charge in [0.25, 0.3) is 0 Å². The number of aromatic nitrogens is 1. The molecule has 0 bridgehead atoms. The van der Waals surface area contributed by atoms with Gasteiger partial charge in [0.15, 0.2) is 5.13 Å². The van der Waals surface area contributed by atoms with Crippen molar-refractivity contribution in [3.63, 3.8) is 0 Å². The van der Waals surface area contributed by atoms with Crippen molar-refractivity contribution in [2.75, 3.05) is 31.1 Å². The van der Waals surface area contributed by atoms with Gasteiger partial charge in [0.05, 0.1) is 16.6 Å². The molecule has 0 aliphatic heterocycles. The van der Waals surface area contributed by atoms with Crippen LogP contribution in [-0.2, 0) is 11.2 Å². The third kappa shape index (κ3) is 6.33. The Morgan fingerprint density at radius 2 is 1.75 bits per heavy atom. The van der Waals surface area contributed by atoms with E-state index in [1.54, 1.807) is 11.3 Å². The predicted molar refractivity (Wildman–Crippen MR) is 140 cm³/mol. The average Bonchev–Trinajstić information content (AvgIpc) is 3.16. The maximum absolute atomic E-state index is 13.5. The third-order valence-electron chi connectivity index (χ3n) is 5.53. The van der Waals surface area contributed by atoms with Crippen LogP contribution in [0.5, 0.6) is 0 Å². The molecular formula is C26H35N3OS2. The molecule has 1 aromatic heterocycles. The number of carbonyl (C=O) groups is 1. The highest BCUT2D eigenvalue weighted by Gasteiger charge is 2.21. The molecular weight excluding hydrogens is 434 g/mol. The van der Waals surface area contributed by atoms with E-state index >= 15 is 0 Å². The summed E-state index contributed by atoms with van der Waals surface area (Å²) in [6.45, 7) is 16.4. The van der Waals surface area contributed by atoms with Gasteiger partial charge in [-0.05, 0) is 61.8 Å². The van der Waals surface area contributed by atoms with E-state index in [4.69, 9.17) is 4.98 Å². The minimum Gasteiger partial charge on any atom is -0.302 e. The molecule has 0 saturated carbocycles. The normalized spacial score (nSPS) is 11.6. The van der Waals surface area contributed by atoms with Crippen molar-refractivity contribution < 1.29 is 4.79 Å². The molecule has 4 nitrogen and oxygen atoms in total. The van der Waals surface area contributed by atoms with Crippen molar-refractivity contribution in [2.24, 2.45) is 0 Å². The quantitative estimate of drug-likeness (QED) is 0.325. The molecule has 32 heavy (non-hydrogen) atoms. The number of thioether (sulfide) groups is 1. The van der Waals surface area contributed by atoms with Crippen LogP contribution >= 0.6 is 23.1 Å². The zero-order chi connectivity index (χ0) is 23.3. The van der Waals surface area contributed by atoms with E-state index in [-0.39, 0.29) is 5.91 Å². The molecule has 1 heterocycles. The Bertz CT molecular complexity index is 1040. The van der Waals surface area contributed by atoms with Gasteiger partial charge < -0.3 is 4.90 Å². The lowest BCUT2D eigenvalue weighted by Gasteiger charge is -2.24. The summed E-state index contributed by atoms with van der Waals surface area (Å²) in [5, 5.41) is 1.35. The van der Waals surface area contributed by atoms with Gasteiger partial charge in [-0.25, -0.2) is 4.98 Å². The number of hydrogen-bond donors (Lipinski definition) is 0. The Labute approximate surface area is 201 Å². The van der Waals surface area contributed by atoms with Crippen LogP contribution in [-0.4, -0.2) is 47.2 Å². The van der Waals surface area contributed by atoms with Crippen LogP contribution in [0.15, 0.2) is 41.3 Å². The van der Waals surface area contributed by atoms with Crippen molar-refractivity contribution in [1.29, 1.82) is 0 Å². The maximum atomic E-state index is 13.5. The van der Waals surface area contributed by atoms with Gasteiger partial charge in [-0.3, -0.25) is 9.69 Å². The number of rotatable bonds is 10. The number of amides is 1. The topological polar surface area (TPSA) is 36.4 Å². The molecule has 1 amide bonds. The fourth-order valence-electron chi connectivity index (χ4n) is 3.82. The van der Waals surface area contributed by atoms with Gasteiger partial charge in [-0.15, -0.1) is 11.8 Å². The molecule has 0 aliphatic carbocycles. The summed E-state index contributed by atoms with van der Waals surface area (Å²) in [5.41, 5.74) is 4.45. The Balaban J connectivity index is 1.85. The number of aryl methyl sites for hydroxylation is 2. The second kappa shape index (κ2) is 11.3. The molecule has 0 aliphatic rings. The van der Waals surface area contributed by atoms with E-state index in [2.05, 4.69) is 82.8 Å². The second-order valence-corrected chi connectivity index (χ2v) is 11.1. The Hall–Kier alpha value is -1.89. The molecule has 0 unspecified atom stereocenters. The number of fused-ring (bicyclic) bond motifs is 1. The lowest BCUT2D eigenvalue weighted by atomic mass is 10.1. The van der Waals surface area contributed by atoms with E-state index in [1.165, 1.54) is 20.7 Å². The fraction of sp³-hybridized carbons (Fsp3) is 0.462. The number of thiazole rings is 1. The number of benzene rings is 2. The highest BCUT2D eigenvalue weighted by Crippen LogP contribution is 2.32. The average molecular weight is 470 g/mol. The SMILES string of the molecule is CCN(CC)CCN(C(=O)Cc1ccc(SC(C)C)cc1)c1nc2cc(C)cc(C)c2s1. The smallest absolute Gasteiger partial charge is 0.233 e. The van der Waals surface area contributed by atoms with Gasteiger partial charge in [0, 0.05) is 23.2 Å². The summed E-state index contributed by atoms with van der Waals surface area (Å²) in [7, 11) is 0. The first kappa shape index (κ1) is 24.7. The molecule has 0 radical (unpaired) electrons. The molecule has 0 fully saturated rings. The van der Waals surface area contributed by atoms with E-state index < -0.39 is 0 Å². The molecule has 0 spiro atoms. The van der Waals surface area contributed by atoms with Crippen LogP contribution in [0, 0.1) is 13.8 Å². The summed E-state index contributed by atoms with van der Waals surface area (Å²) in [6, 6.07) is 12.7. The van der Waals surface area contributed by atoms with Crippen molar-refractivity contribution in [3.05, 3.63) is 53.1 Å². The Morgan fingerprint density at radius 3 is 2.38 bits per heavy atom. The van der Waals surface area contributed by atoms with Crippen LogP contribution in [0.4, 0.5) is 5.13 Å². The minimum atomic E-state index is 0.106. The first-order chi connectivity index (χ1) is 15.3. The molecule has 3 aromatic rings. The highest BCUT2D eigenvalue weighted by atomic mass is 32.2. The van der Waals surface area contributed by atoms with Gasteiger partial charge in [0.2, 0.25) is 5.91 Å². The molecule has 6 heteroatoms. The Morgan fingerprint density at radius 1 is 1.06 bits per heavy atom. The van der Waals surface area contributed by atoms with E-state index in [9.17, 15) is 4.79 Å². The lowest BCUT2D eigenvalue weighted by molar-refractivity contribution is -0.118. The summed E-state index contributed by atoms with van der Waals surface area (Å²) in [6.07, 6.45) is 0.388. The predicted octanol–water partition coefficient (Wildman–Crippen LogP) is 6.33. The third-order valence-corrected chi connectivity index (χ3v) is 7.77. The standard InChI is InChI=1S/C26H35N3OS2/c1-7-28(8-2)13-14-29(26-27-23-16-19(5)15-20(6)25(23)32-26)24(30)17-21-9-11-22(12-10-21)31-18(3)4/h9-12,15-16,18H,7-8,13-14,17H2,1-6H3. The highest BCUT2D eigenvalue weighted by molar-refractivity contribution is 7.99. The van der Waals surface area contributed by atoms with E-state index in [0.29, 0.717) is 18.2 Å². The number of hydrogen-bond acceptors (Lipinski definition) is 5. The first-order valence-corrected chi connectivity index (χ1v) is 13.2. The van der Waals surface area contributed by atoms with E-state index in [1.807, 2.05) is 16.7 Å². The van der Waals surface area contributed by atoms with Crippen molar-refractivity contribution >= 4 is 44.4 Å².